The molecule has 0 atom stereocenters. The smallest absolute Gasteiger partial charge is 0.410 e. The van der Waals surface area contributed by atoms with E-state index in [4.69, 9.17) is 34.0 Å². The van der Waals surface area contributed by atoms with E-state index in [1.165, 1.54) is 6.07 Å². The van der Waals surface area contributed by atoms with Gasteiger partial charge in [-0.2, -0.15) is 5.10 Å². The van der Waals surface area contributed by atoms with Crippen LogP contribution in [0.1, 0.15) is 44.6 Å². The molecular formula is C36H53FN6O5Si2. The van der Waals surface area contributed by atoms with E-state index in [-0.39, 0.29) is 25.4 Å². The fraction of sp³-hybridized carbons (Fsp3) is 0.556. The van der Waals surface area contributed by atoms with E-state index in [2.05, 4.69) is 44.3 Å². The highest BCUT2D eigenvalue weighted by Crippen LogP contribution is 2.35. The van der Waals surface area contributed by atoms with Crippen LogP contribution < -0.4 is 4.74 Å². The van der Waals surface area contributed by atoms with Crippen molar-refractivity contribution >= 4 is 33.3 Å². The van der Waals surface area contributed by atoms with Crippen molar-refractivity contribution in [3.05, 3.63) is 47.2 Å². The second kappa shape index (κ2) is 14.9. The molecule has 1 aliphatic heterocycles. The first-order valence-corrected chi connectivity index (χ1v) is 24.9. The van der Waals surface area contributed by atoms with Gasteiger partial charge < -0.3 is 23.9 Å². The van der Waals surface area contributed by atoms with Crippen molar-refractivity contribution in [2.45, 2.75) is 111 Å². The van der Waals surface area contributed by atoms with Crippen LogP contribution in [0.4, 0.5) is 9.18 Å². The van der Waals surface area contributed by atoms with E-state index in [0.29, 0.717) is 55.3 Å². The van der Waals surface area contributed by atoms with Crippen LogP contribution in [0.3, 0.4) is 0 Å². The number of fused-ring (bicyclic) bond motifs is 2. The molecule has 0 radical (unpaired) electrons. The van der Waals surface area contributed by atoms with Crippen LogP contribution in [0.2, 0.25) is 51.4 Å². The number of carbonyl (C=O) groups excluding carboxylic acids is 1. The number of imidazole rings is 1. The van der Waals surface area contributed by atoms with Crippen LogP contribution in [0.25, 0.3) is 33.7 Å². The molecule has 1 amide bonds. The van der Waals surface area contributed by atoms with Crippen LogP contribution in [0.5, 0.6) is 5.75 Å². The normalized spacial score (nSPS) is 13.7. The lowest BCUT2D eigenvalue weighted by Crippen LogP contribution is -2.33. The van der Waals surface area contributed by atoms with Gasteiger partial charge in [0.1, 0.15) is 29.1 Å². The van der Waals surface area contributed by atoms with Gasteiger partial charge in [0.25, 0.3) is 0 Å². The number of benzene rings is 1. The lowest BCUT2D eigenvalue weighted by molar-refractivity contribution is 0.0197. The Morgan fingerprint density at radius 3 is 2.34 bits per heavy atom. The van der Waals surface area contributed by atoms with Gasteiger partial charge in [0, 0.05) is 41.1 Å². The number of carbonyl (C=O) groups is 1. The predicted molar refractivity (Wildman–Crippen MR) is 199 cm³/mol. The van der Waals surface area contributed by atoms with Gasteiger partial charge in [0.05, 0.1) is 24.5 Å². The third-order valence-corrected chi connectivity index (χ3v) is 11.8. The molecule has 0 saturated heterocycles. The summed E-state index contributed by atoms with van der Waals surface area (Å²) in [6.45, 7) is 23.5. The predicted octanol–water partition coefficient (Wildman–Crippen LogP) is 8.44. The van der Waals surface area contributed by atoms with Gasteiger partial charge in [-0.1, -0.05) is 46.2 Å². The topological polar surface area (TPSA) is 117 Å². The third-order valence-electron chi connectivity index (χ3n) is 8.36. The second-order valence-corrected chi connectivity index (χ2v) is 27.7. The van der Waals surface area contributed by atoms with Crippen molar-refractivity contribution in [3.8, 4) is 28.4 Å². The monoisotopic (exact) mass is 724 g/mol. The summed E-state index contributed by atoms with van der Waals surface area (Å²) in [7, 11) is -2.51. The molecule has 0 saturated carbocycles. The number of aromatic nitrogens is 5. The average Bonchev–Trinajstić information content (AvgIpc) is 3.69. The molecule has 4 heterocycles. The minimum atomic E-state index is -1.29. The van der Waals surface area contributed by atoms with Crippen molar-refractivity contribution in [1.29, 1.82) is 0 Å². The summed E-state index contributed by atoms with van der Waals surface area (Å²) in [5.74, 6) is 0.314. The first-order valence-electron chi connectivity index (χ1n) is 17.4. The zero-order valence-electron chi connectivity index (χ0n) is 31.3. The summed E-state index contributed by atoms with van der Waals surface area (Å²) >= 11 is 0. The van der Waals surface area contributed by atoms with Crippen molar-refractivity contribution in [2.24, 2.45) is 0 Å². The number of ether oxygens (including phenoxy) is 4. The van der Waals surface area contributed by atoms with Crippen LogP contribution in [0, 0.1) is 5.82 Å². The number of hydrogen-bond donors (Lipinski definition) is 1. The molecular weight excluding hydrogens is 672 g/mol. The Balaban J connectivity index is 1.42. The lowest BCUT2D eigenvalue weighted by atomic mass is 9.98. The molecule has 0 unspecified atom stereocenters. The molecule has 0 fully saturated rings. The van der Waals surface area contributed by atoms with Crippen LogP contribution in [0.15, 0.2) is 24.4 Å². The molecule has 4 aromatic rings. The Kier molecular flexibility index (Phi) is 11.3. The highest BCUT2D eigenvalue weighted by Gasteiger charge is 2.32. The third kappa shape index (κ3) is 9.59. The summed E-state index contributed by atoms with van der Waals surface area (Å²) < 4.78 is 40.2. The number of halogens is 1. The molecule has 14 heteroatoms. The highest BCUT2D eigenvalue weighted by atomic mass is 28.3. The zero-order chi connectivity index (χ0) is 36.4. The number of nitrogens with zero attached hydrogens (tertiary/aromatic N) is 5. The van der Waals surface area contributed by atoms with Gasteiger partial charge in [0.2, 0.25) is 0 Å². The molecule has 1 aliphatic rings. The molecule has 0 aliphatic carbocycles. The van der Waals surface area contributed by atoms with E-state index in [9.17, 15) is 4.79 Å². The minimum absolute atomic E-state index is 0.00683. The van der Waals surface area contributed by atoms with E-state index in [1.807, 2.05) is 33.8 Å². The fourth-order valence-corrected chi connectivity index (χ4v) is 7.04. The molecule has 5 rings (SSSR count). The zero-order valence-corrected chi connectivity index (χ0v) is 33.3. The van der Waals surface area contributed by atoms with Gasteiger partial charge in [-0.15, -0.1) is 0 Å². The number of aryl methyl sites for hydroxylation is 1. The molecule has 50 heavy (non-hydrogen) atoms. The summed E-state index contributed by atoms with van der Waals surface area (Å²) in [5, 5.41) is 4.91. The van der Waals surface area contributed by atoms with E-state index >= 15 is 4.39 Å². The standard InChI is InChI=1S/C36H53FN6O5Si2/c1-11-24-17-31(47-23-46-13-15-50(8,9)10)27(37)18-26(24)25-16-28-32(38-19-25)33(43(41-28)22-45-12-14-49(5,6)7)34-39-29-20-42(21-30(29)40-34)35(44)48-36(2,3)4/h16-19H,11-15,20-23H2,1-10H3,(H,39,40). The van der Waals surface area contributed by atoms with Crippen LogP contribution >= 0.6 is 0 Å². The summed E-state index contributed by atoms with van der Waals surface area (Å²) in [5.41, 5.74) is 5.41. The van der Waals surface area contributed by atoms with Crippen LogP contribution in [-0.4, -0.2) is 77.5 Å². The van der Waals surface area contributed by atoms with Gasteiger partial charge in [-0.3, -0.25) is 9.88 Å². The number of amides is 1. The van der Waals surface area contributed by atoms with E-state index in [0.717, 1.165) is 40.2 Å². The number of aromatic amines is 1. The van der Waals surface area contributed by atoms with Gasteiger partial charge in [0.15, 0.2) is 24.2 Å². The first kappa shape index (κ1) is 37.7. The average molecular weight is 725 g/mol. The molecule has 1 aromatic carbocycles. The summed E-state index contributed by atoms with van der Waals surface area (Å²) in [6, 6.07) is 7.22. The Morgan fingerprint density at radius 2 is 1.70 bits per heavy atom. The first-order chi connectivity index (χ1) is 23.4. The molecule has 11 nitrogen and oxygen atoms in total. The SMILES string of the molecule is CCc1cc(OCOCC[Si](C)(C)C)c(F)cc1-c1cnc2c(-c3nc4c([nH]3)CN(C(=O)OC(C)(C)C)C4)n(COCC[Si](C)(C)C)nc2c1. The maximum atomic E-state index is 15.4. The Labute approximate surface area is 296 Å². The van der Waals surface area contributed by atoms with Crippen molar-refractivity contribution in [2.75, 3.05) is 20.0 Å². The Morgan fingerprint density at radius 1 is 1.00 bits per heavy atom. The number of hydrogen-bond acceptors (Lipinski definition) is 8. The van der Waals surface area contributed by atoms with Crippen molar-refractivity contribution in [1.82, 2.24) is 29.6 Å². The number of pyridine rings is 1. The maximum absolute atomic E-state index is 15.4. The van der Waals surface area contributed by atoms with Crippen molar-refractivity contribution < 1.29 is 28.1 Å². The second-order valence-electron chi connectivity index (χ2n) is 16.4. The summed E-state index contributed by atoms with van der Waals surface area (Å²) in [4.78, 5) is 27.5. The van der Waals surface area contributed by atoms with Crippen LogP contribution in [-0.2, 0) is 40.5 Å². The lowest BCUT2D eigenvalue weighted by Gasteiger charge is -2.24. The fourth-order valence-electron chi connectivity index (χ4n) is 5.53. The summed E-state index contributed by atoms with van der Waals surface area (Å²) in [6.07, 6.45) is 2.04. The largest absolute Gasteiger partial charge is 0.464 e. The Hall–Kier alpha value is -3.60. The molecule has 272 valence electrons. The van der Waals surface area contributed by atoms with Crippen molar-refractivity contribution in [3.63, 3.8) is 0 Å². The minimum Gasteiger partial charge on any atom is -0.464 e. The molecule has 0 spiro atoms. The van der Waals surface area contributed by atoms with E-state index < -0.39 is 27.6 Å². The molecule has 1 N–H and O–H groups in total. The maximum Gasteiger partial charge on any atom is 0.410 e. The Bertz CT molecular complexity index is 1800. The van der Waals surface area contributed by atoms with Gasteiger partial charge >= 0.3 is 6.09 Å². The quantitative estimate of drug-likeness (QED) is 0.0783. The van der Waals surface area contributed by atoms with E-state index in [1.54, 1.807) is 21.8 Å². The number of nitrogens with one attached hydrogen (secondary N) is 1. The number of rotatable bonds is 14. The molecule has 0 bridgehead atoms. The van der Waals surface area contributed by atoms with Gasteiger partial charge in [-0.25, -0.2) is 18.9 Å². The number of H-pyrrole nitrogens is 1. The molecule has 3 aromatic heterocycles. The van der Waals surface area contributed by atoms with Gasteiger partial charge in [-0.05, 0) is 68.6 Å². The highest BCUT2D eigenvalue weighted by molar-refractivity contribution is 6.76.